The minimum atomic E-state index is -0.206. The average molecular weight is 751 g/mol. The van der Waals surface area contributed by atoms with Gasteiger partial charge in [-0.25, -0.2) is 4.99 Å². The van der Waals surface area contributed by atoms with Crippen molar-refractivity contribution in [2.75, 3.05) is 0 Å². The second kappa shape index (κ2) is 12.8. The molecule has 0 bridgehead atoms. The normalized spacial score (nSPS) is 15.9. The monoisotopic (exact) mass is 750 g/mol. The minimum absolute atomic E-state index is 0.179. The van der Waals surface area contributed by atoms with Crippen LogP contribution in [-0.2, 0) is 0 Å². The molecule has 1 aliphatic rings. The molecule has 2 N–H and O–H groups in total. The van der Waals surface area contributed by atoms with Crippen molar-refractivity contribution >= 4 is 81.1 Å². The van der Waals surface area contributed by atoms with Crippen LogP contribution in [0.2, 0.25) is 0 Å². The zero-order chi connectivity index (χ0) is 37.5. The van der Waals surface area contributed by atoms with E-state index in [1.807, 2.05) is 23.5 Å². The number of furan rings is 1. The second-order valence-corrected chi connectivity index (χ2v) is 15.8. The Labute approximate surface area is 332 Å². The summed E-state index contributed by atoms with van der Waals surface area (Å²) < 4.78 is 11.5. The summed E-state index contributed by atoms with van der Waals surface area (Å²) >= 11 is 1.87. The number of thiophene rings is 1. The van der Waals surface area contributed by atoms with Crippen LogP contribution in [0, 0.1) is 0 Å². The molecule has 1 aliphatic heterocycles. The molecule has 8 aromatic carbocycles. The van der Waals surface area contributed by atoms with E-state index in [9.17, 15) is 0 Å². The van der Waals surface area contributed by atoms with Gasteiger partial charge >= 0.3 is 0 Å². The number of benzene rings is 8. The smallest absolute Gasteiger partial charge is 0.136 e. The van der Waals surface area contributed by atoms with E-state index in [0.717, 1.165) is 50.0 Å². The van der Waals surface area contributed by atoms with Gasteiger partial charge < -0.3 is 14.3 Å². The van der Waals surface area contributed by atoms with E-state index in [1.54, 1.807) is 0 Å². The highest BCUT2D eigenvalue weighted by Crippen LogP contribution is 2.44. The quantitative estimate of drug-likeness (QED) is 0.184. The summed E-state index contributed by atoms with van der Waals surface area (Å²) in [4.78, 5) is 5.12. The van der Waals surface area contributed by atoms with Crippen LogP contribution in [0.4, 0.5) is 0 Å². The number of aromatic nitrogens is 1. The SMILES string of the molecule is c1ccc(C2=NC(c3ccccc3)NC(c3ccc4oc5cccc(-c6ccc7sc8c(-n9c%10ccccc%10c%10ccccc%109)cccc8c7c6)c5c4c3)N2)cc1. The summed E-state index contributed by atoms with van der Waals surface area (Å²) in [6.45, 7) is 0. The predicted molar refractivity (Wildman–Crippen MR) is 238 cm³/mol. The Hall–Kier alpha value is -6.99. The number of aliphatic imine (C=N–C) groups is 1. The number of hydrogen-bond donors (Lipinski definition) is 2. The van der Waals surface area contributed by atoms with Gasteiger partial charge in [0.2, 0.25) is 0 Å². The molecule has 4 heterocycles. The average Bonchev–Trinajstić information content (AvgIpc) is 3.96. The van der Waals surface area contributed by atoms with Gasteiger partial charge in [-0.3, -0.25) is 5.32 Å². The van der Waals surface area contributed by atoms with Crippen LogP contribution in [0.25, 0.3) is 80.7 Å². The third-order valence-electron chi connectivity index (χ3n) is 11.5. The van der Waals surface area contributed by atoms with E-state index in [0.29, 0.717) is 0 Å². The Kier molecular flexibility index (Phi) is 7.24. The number of hydrogen-bond acceptors (Lipinski definition) is 5. The Balaban J connectivity index is 0.984. The molecule has 57 heavy (non-hydrogen) atoms. The Morgan fingerprint density at radius 1 is 0.526 bits per heavy atom. The Morgan fingerprint density at radius 2 is 1.25 bits per heavy atom. The maximum Gasteiger partial charge on any atom is 0.136 e. The maximum atomic E-state index is 6.54. The lowest BCUT2D eigenvalue weighted by Gasteiger charge is -2.32. The van der Waals surface area contributed by atoms with Crippen LogP contribution in [0.1, 0.15) is 29.0 Å². The molecule has 270 valence electrons. The molecule has 0 amide bonds. The third kappa shape index (κ3) is 5.15. The Bertz CT molecular complexity index is 3320. The molecule has 3 aromatic heterocycles. The molecule has 12 rings (SSSR count). The summed E-state index contributed by atoms with van der Waals surface area (Å²) in [7, 11) is 0. The predicted octanol–water partition coefficient (Wildman–Crippen LogP) is 13.1. The first-order valence-electron chi connectivity index (χ1n) is 19.4. The molecule has 0 radical (unpaired) electrons. The lowest BCUT2D eigenvalue weighted by molar-refractivity contribution is 0.409. The van der Waals surface area contributed by atoms with Crippen molar-refractivity contribution in [3.63, 3.8) is 0 Å². The maximum absolute atomic E-state index is 6.54. The lowest BCUT2D eigenvalue weighted by Crippen LogP contribution is -2.44. The number of nitrogens with zero attached hydrogens (tertiary/aromatic N) is 2. The van der Waals surface area contributed by atoms with Gasteiger partial charge in [0, 0.05) is 42.6 Å². The van der Waals surface area contributed by atoms with Crippen LogP contribution in [-0.4, -0.2) is 10.4 Å². The first-order chi connectivity index (χ1) is 28.2. The molecule has 0 spiro atoms. The van der Waals surface area contributed by atoms with Gasteiger partial charge in [0.1, 0.15) is 29.3 Å². The van der Waals surface area contributed by atoms with Gasteiger partial charge in [0.05, 0.1) is 21.4 Å². The topological polar surface area (TPSA) is 54.5 Å². The van der Waals surface area contributed by atoms with Crippen LogP contribution in [0.3, 0.4) is 0 Å². The second-order valence-electron chi connectivity index (χ2n) is 14.8. The van der Waals surface area contributed by atoms with Gasteiger partial charge in [-0.15, -0.1) is 11.3 Å². The lowest BCUT2D eigenvalue weighted by atomic mass is 9.97. The van der Waals surface area contributed by atoms with Crippen molar-refractivity contribution < 1.29 is 4.42 Å². The van der Waals surface area contributed by atoms with E-state index in [1.165, 1.54) is 53.2 Å². The van der Waals surface area contributed by atoms with Crippen molar-refractivity contribution in [2.24, 2.45) is 4.99 Å². The van der Waals surface area contributed by atoms with Crippen LogP contribution >= 0.6 is 11.3 Å². The van der Waals surface area contributed by atoms with Crippen LogP contribution in [0.15, 0.2) is 191 Å². The number of nitrogens with one attached hydrogen (secondary N) is 2. The molecule has 5 nitrogen and oxygen atoms in total. The van der Waals surface area contributed by atoms with Crippen molar-refractivity contribution in [3.05, 3.63) is 199 Å². The van der Waals surface area contributed by atoms with Crippen molar-refractivity contribution in [3.8, 4) is 16.8 Å². The van der Waals surface area contributed by atoms with Crippen LogP contribution < -0.4 is 10.6 Å². The molecular weight excluding hydrogens is 717 g/mol. The Morgan fingerprint density at radius 3 is 2.05 bits per heavy atom. The molecule has 2 unspecified atom stereocenters. The highest BCUT2D eigenvalue weighted by molar-refractivity contribution is 7.26. The minimum Gasteiger partial charge on any atom is -0.456 e. The van der Waals surface area contributed by atoms with Crippen molar-refractivity contribution in [2.45, 2.75) is 12.3 Å². The highest BCUT2D eigenvalue weighted by Gasteiger charge is 2.26. The largest absolute Gasteiger partial charge is 0.456 e. The fraction of sp³-hybridized carbons (Fsp3) is 0.0392. The summed E-state index contributed by atoms with van der Waals surface area (Å²) in [5.74, 6) is 0.864. The van der Waals surface area contributed by atoms with E-state index < -0.39 is 0 Å². The third-order valence-corrected chi connectivity index (χ3v) is 12.7. The summed E-state index contributed by atoms with van der Waals surface area (Å²) in [5.41, 5.74) is 11.0. The molecule has 6 heteroatoms. The van der Waals surface area contributed by atoms with Gasteiger partial charge in [-0.2, -0.15) is 0 Å². The molecule has 0 saturated carbocycles. The van der Waals surface area contributed by atoms with Crippen molar-refractivity contribution in [1.82, 2.24) is 15.2 Å². The molecule has 11 aromatic rings. The van der Waals surface area contributed by atoms with E-state index >= 15 is 0 Å². The van der Waals surface area contributed by atoms with Crippen molar-refractivity contribution in [1.29, 1.82) is 0 Å². The molecule has 0 aliphatic carbocycles. The summed E-state index contributed by atoms with van der Waals surface area (Å²) in [6.07, 6.45) is -0.385. The number of para-hydroxylation sites is 2. The molecule has 0 fully saturated rings. The first-order valence-corrected chi connectivity index (χ1v) is 20.2. The number of fused-ring (bicyclic) bond motifs is 9. The van der Waals surface area contributed by atoms with Gasteiger partial charge in [-0.1, -0.05) is 133 Å². The molecule has 0 saturated heterocycles. The molecule has 2 atom stereocenters. The van der Waals surface area contributed by atoms with Gasteiger partial charge in [0.25, 0.3) is 0 Å². The highest BCUT2D eigenvalue weighted by atomic mass is 32.1. The van der Waals surface area contributed by atoms with Gasteiger partial charge in [-0.05, 0) is 70.8 Å². The number of rotatable bonds is 5. The first kappa shape index (κ1) is 32.3. The summed E-state index contributed by atoms with van der Waals surface area (Å²) in [6, 6.07) is 64.9. The zero-order valence-corrected chi connectivity index (χ0v) is 31.5. The fourth-order valence-corrected chi connectivity index (χ4v) is 10.0. The van der Waals surface area contributed by atoms with E-state index in [4.69, 9.17) is 9.41 Å². The standard InChI is InChI=1S/C51H34N4OS/c1-3-13-31(14-4-1)49-52-50(32-15-5-2-6-16-32)54-51(53-49)34-25-27-44-40(30-34)47-35(19-12-24-45(47)56-44)33-26-28-46-39(29-33)38-20-11-23-43(48(38)57-46)55-41-21-9-7-17-36(41)37-18-8-10-22-42(37)55/h1-30,49,51,53H,(H,52,54). The molecular formula is C51H34N4OS. The number of amidine groups is 1. The fourth-order valence-electron chi connectivity index (χ4n) is 8.85. The van der Waals surface area contributed by atoms with E-state index in [2.05, 4.69) is 185 Å². The van der Waals surface area contributed by atoms with Gasteiger partial charge in [0.15, 0.2) is 0 Å². The zero-order valence-electron chi connectivity index (χ0n) is 30.7. The van der Waals surface area contributed by atoms with Crippen LogP contribution in [0.5, 0.6) is 0 Å². The van der Waals surface area contributed by atoms with E-state index in [-0.39, 0.29) is 12.3 Å². The summed E-state index contributed by atoms with van der Waals surface area (Å²) in [5, 5.41) is 14.8.